The molecule has 2 rings (SSSR count). The molecule has 1 saturated heterocycles. The Morgan fingerprint density at radius 1 is 1.63 bits per heavy atom. The standard InChI is InChI=1S/C12H16Cl2N2O2S/c1-18-8-2-3-16(7(4-8)6-15)12(17)9-5-10(13)19-11(9)14/h5,7-8H,2-4,6,15H2,1H3. The van der Waals surface area contributed by atoms with Gasteiger partial charge in [0, 0.05) is 26.2 Å². The molecule has 106 valence electrons. The van der Waals surface area contributed by atoms with Crippen LogP contribution in [0.2, 0.25) is 8.67 Å². The fraction of sp³-hybridized carbons (Fsp3) is 0.583. The molecule has 2 heterocycles. The first-order chi connectivity index (χ1) is 9.06. The zero-order valence-electron chi connectivity index (χ0n) is 10.6. The molecule has 2 unspecified atom stereocenters. The maximum atomic E-state index is 12.5. The number of rotatable bonds is 3. The minimum atomic E-state index is -0.0989. The van der Waals surface area contributed by atoms with E-state index >= 15 is 0 Å². The van der Waals surface area contributed by atoms with E-state index in [0.717, 1.165) is 12.8 Å². The molecule has 1 fully saturated rings. The van der Waals surface area contributed by atoms with Crippen LogP contribution >= 0.6 is 34.5 Å². The monoisotopic (exact) mass is 322 g/mol. The van der Waals surface area contributed by atoms with Gasteiger partial charge in [0.15, 0.2) is 0 Å². The summed E-state index contributed by atoms with van der Waals surface area (Å²) in [7, 11) is 1.69. The lowest BCUT2D eigenvalue weighted by Crippen LogP contribution is -2.51. The summed E-state index contributed by atoms with van der Waals surface area (Å²) in [6, 6.07) is 1.60. The van der Waals surface area contributed by atoms with Gasteiger partial charge in [-0.1, -0.05) is 23.2 Å². The van der Waals surface area contributed by atoms with Gasteiger partial charge in [0.05, 0.1) is 16.0 Å². The minimum absolute atomic E-state index is 0.0130. The van der Waals surface area contributed by atoms with E-state index in [1.54, 1.807) is 18.1 Å². The molecule has 0 aliphatic carbocycles. The zero-order valence-corrected chi connectivity index (χ0v) is 12.9. The number of nitrogens with zero attached hydrogens (tertiary/aromatic N) is 1. The molecule has 0 aromatic carbocycles. The van der Waals surface area contributed by atoms with Crippen molar-refractivity contribution in [1.29, 1.82) is 0 Å². The quantitative estimate of drug-likeness (QED) is 0.930. The van der Waals surface area contributed by atoms with Crippen LogP contribution in [0, 0.1) is 0 Å². The number of piperidine rings is 1. The number of thiophene rings is 1. The molecule has 1 aliphatic heterocycles. The van der Waals surface area contributed by atoms with Crippen molar-refractivity contribution < 1.29 is 9.53 Å². The van der Waals surface area contributed by atoms with Crippen LogP contribution in [-0.2, 0) is 4.74 Å². The zero-order chi connectivity index (χ0) is 14.0. The second kappa shape index (κ2) is 6.41. The van der Waals surface area contributed by atoms with Crippen molar-refractivity contribution in [1.82, 2.24) is 4.90 Å². The smallest absolute Gasteiger partial charge is 0.256 e. The van der Waals surface area contributed by atoms with Crippen LogP contribution in [-0.4, -0.2) is 43.2 Å². The van der Waals surface area contributed by atoms with E-state index in [9.17, 15) is 4.79 Å². The second-order valence-corrected chi connectivity index (χ2v) is 6.79. The number of ether oxygens (including phenoxy) is 1. The summed E-state index contributed by atoms with van der Waals surface area (Å²) in [4.78, 5) is 14.3. The number of methoxy groups -OCH3 is 1. The second-order valence-electron chi connectivity index (χ2n) is 4.51. The normalized spacial score (nSPS) is 23.7. The maximum absolute atomic E-state index is 12.5. The third-order valence-electron chi connectivity index (χ3n) is 3.42. The van der Waals surface area contributed by atoms with Crippen molar-refractivity contribution in [3.8, 4) is 0 Å². The SMILES string of the molecule is COC1CCN(C(=O)c2cc(Cl)sc2Cl)C(CN)C1. The van der Waals surface area contributed by atoms with Gasteiger partial charge >= 0.3 is 0 Å². The lowest BCUT2D eigenvalue weighted by atomic mass is 9.98. The van der Waals surface area contributed by atoms with Crippen LogP contribution < -0.4 is 5.73 Å². The summed E-state index contributed by atoms with van der Waals surface area (Å²) in [5.74, 6) is -0.0989. The van der Waals surface area contributed by atoms with Gasteiger partial charge in [-0.25, -0.2) is 0 Å². The largest absolute Gasteiger partial charge is 0.381 e. The fourth-order valence-electron chi connectivity index (χ4n) is 2.36. The van der Waals surface area contributed by atoms with Gasteiger partial charge in [0.1, 0.15) is 4.34 Å². The molecule has 19 heavy (non-hydrogen) atoms. The van der Waals surface area contributed by atoms with Crippen LogP contribution in [0.5, 0.6) is 0 Å². The van der Waals surface area contributed by atoms with E-state index < -0.39 is 0 Å². The molecule has 1 aliphatic rings. The highest BCUT2D eigenvalue weighted by molar-refractivity contribution is 7.20. The molecular weight excluding hydrogens is 307 g/mol. The van der Waals surface area contributed by atoms with Crippen molar-refractivity contribution in [2.45, 2.75) is 25.0 Å². The molecular formula is C12H16Cl2N2O2S. The molecule has 0 bridgehead atoms. The lowest BCUT2D eigenvalue weighted by molar-refractivity contribution is 0.0139. The Morgan fingerprint density at radius 2 is 2.37 bits per heavy atom. The van der Waals surface area contributed by atoms with Crippen LogP contribution in [0.15, 0.2) is 6.07 Å². The summed E-state index contributed by atoms with van der Waals surface area (Å²) in [6.07, 6.45) is 1.74. The molecule has 0 spiro atoms. The molecule has 0 saturated carbocycles. The average molecular weight is 323 g/mol. The first kappa shape index (κ1) is 15.1. The maximum Gasteiger partial charge on any atom is 0.256 e. The number of carbonyl (C=O) groups is 1. The topological polar surface area (TPSA) is 55.6 Å². The Kier molecular flexibility index (Phi) is 5.09. The van der Waals surface area contributed by atoms with E-state index in [2.05, 4.69) is 0 Å². The van der Waals surface area contributed by atoms with Crippen LogP contribution in [0.25, 0.3) is 0 Å². The number of halogens is 2. The summed E-state index contributed by atoms with van der Waals surface area (Å²) >= 11 is 13.1. The lowest BCUT2D eigenvalue weighted by Gasteiger charge is -2.38. The van der Waals surface area contributed by atoms with Gasteiger partial charge in [-0.2, -0.15) is 0 Å². The van der Waals surface area contributed by atoms with E-state index in [-0.39, 0.29) is 18.1 Å². The first-order valence-electron chi connectivity index (χ1n) is 6.05. The van der Waals surface area contributed by atoms with Crippen LogP contribution in [0.4, 0.5) is 0 Å². The molecule has 1 amide bonds. The van der Waals surface area contributed by atoms with E-state index in [1.165, 1.54) is 11.3 Å². The van der Waals surface area contributed by atoms with Crippen molar-refractivity contribution in [2.24, 2.45) is 5.73 Å². The fourth-order valence-corrected chi connectivity index (χ4v) is 3.81. The van der Waals surface area contributed by atoms with E-state index in [4.69, 9.17) is 33.7 Å². The van der Waals surface area contributed by atoms with Crippen LogP contribution in [0.1, 0.15) is 23.2 Å². The van der Waals surface area contributed by atoms with Crippen molar-refractivity contribution in [2.75, 3.05) is 20.2 Å². The summed E-state index contributed by atoms with van der Waals surface area (Å²) in [5.41, 5.74) is 6.23. The summed E-state index contributed by atoms with van der Waals surface area (Å²) in [6.45, 7) is 1.05. The number of hydrogen-bond acceptors (Lipinski definition) is 4. The molecule has 1 aromatic heterocycles. The molecule has 0 radical (unpaired) electrons. The van der Waals surface area contributed by atoms with Crippen molar-refractivity contribution in [3.05, 3.63) is 20.3 Å². The number of nitrogens with two attached hydrogens (primary N) is 1. The molecule has 2 N–H and O–H groups in total. The van der Waals surface area contributed by atoms with E-state index in [1.807, 2.05) is 0 Å². The minimum Gasteiger partial charge on any atom is -0.381 e. The highest BCUT2D eigenvalue weighted by atomic mass is 35.5. The predicted molar refractivity (Wildman–Crippen MR) is 78.2 cm³/mol. The summed E-state index contributed by atoms with van der Waals surface area (Å²) in [5, 5.41) is 0. The third kappa shape index (κ3) is 3.23. The van der Waals surface area contributed by atoms with Gasteiger partial charge in [-0.05, 0) is 18.9 Å². The third-order valence-corrected chi connectivity index (χ3v) is 4.91. The van der Waals surface area contributed by atoms with Crippen LogP contribution in [0.3, 0.4) is 0 Å². The molecule has 2 atom stereocenters. The van der Waals surface area contributed by atoms with Gasteiger partial charge < -0.3 is 15.4 Å². The molecule has 1 aromatic rings. The number of amides is 1. The first-order valence-corrected chi connectivity index (χ1v) is 7.62. The Bertz CT molecular complexity index is 467. The predicted octanol–water partition coefficient (Wildman–Crippen LogP) is 2.63. The van der Waals surface area contributed by atoms with Crippen molar-refractivity contribution in [3.63, 3.8) is 0 Å². The van der Waals surface area contributed by atoms with Gasteiger partial charge in [0.25, 0.3) is 5.91 Å². The Hall–Kier alpha value is -0.330. The number of carbonyl (C=O) groups excluding carboxylic acids is 1. The molecule has 7 heteroatoms. The van der Waals surface area contributed by atoms with Gasteiger partial charge in [-0.15, -0.1) is 11.3 Å². The van der Waals surface area contributed by atoms with Gasteiger partial charge in [-0.3, -0.25) is 4.79 Å². The van der Waals surface area contributed by atoms with Gasteiger partial charge in [0.2, 0.25) is 0 Å². The average Bonchev–Trinajstić information content (AvgIpc) is 2.76. The summed E-state index contributed by atoms with van der Waals surface area (Å²) < 4.78 is 6.29. The van der Waals surface area contributed by atoms with Crippen molar-refractivity contribution >= 4 is 40.4 Å². The highest BCUT2D eigenvalue weighted by Gasteiger charge is 2.32. The Balaban J connectivity index is 2.16. The Labute approximate surface area is 126 Å². The number of likely N-dealkylation sites (tertiary alicyclic amines) is 1. The number of hydrogen-bond donors (Lipinski definition) is 1. The Morgan fingerprint density at radius 3 is 2.89 bits per heavy atom. The highest BCUT2D eigenvalue weighted by Crippen LogP contribution is 2.33. The van der Waals surface area contributed by atoms with E-state index in [0.29, 0.717) is 27.3 Å². The molecule has 4 nitrogen and oxygen atoms in total.